The van der Waals surface area contributed by atoms with Gasteiger partial charge in [0.25, 0.3) is 5.56 Å². The summed E-state index contributed by atoms with van der Waals surface area (Å²) < 4.78 is 19.8. The van der Waals surface area contributed by atoms with Gasteiger partial charge < -0.3 is 9.84 Å². The van der Waals surface area contributed by atoms with Crippen molar-refractivity contribution in [1.29, 1.82) is 0 Å². The van der Waals surface area contributed by atoms with Crippen LogP contribution in [-0.2, 0) is 6.61 Å². The molecule has 3 aromatic rings. The van der Waals surface area contributed by atoms with Gasteiger partial charge in [0.05, 0.1) is 17.5 Å². The van der Waals surface area contributed by atoms with Gasteiger partial charge in [-0.3, -0.25) is 9.20 Å². The maximum Gasteiger partial charge on any atom is 0.259 e. The van der Waals surface area contributed by atoms with Crippen LogP contribution in [0.15, 0.2) is 35.1 Å². The third-order valence-electron chi connectivity index (χ3n) is 3.38. The Morgan fingerprint density at radius 3 is 2.74 bits per heavy atom. The van der Waals surface area contributed by atoms with Crippen molar-refractivity contribution in [2.24, 2.45) is 0 Å². The molecule has 1 unspecified atom stereocenters. The van der Waals surface area contributed by atoms with E-state index in [4.69, 9.17) is 4.74 Å². The van der Waals surface area contributed by atoms with Gasteiger partial charge >= 0.3 is 0 Å². The number of fused-ring (bicyclic) bond motifs is 1. The van der Waals surface area contributed by atoms with Gasteiger partial charge in [-0.15, -0.1) is 11.3 Å². The molecule has 0 aliphatic heterocycles. The maximum absolute atomic E-state index is 12.9. The quantitative estimate of drug-likeness (QED) is 0.797. The second kappa shape index (κ2) is 6.10. The first-order valence-electron chi connectivity index (χ1n) is 7.04. The molecule has 3 rings (SSSR count). The maximum atomic E-state index is 12.9. The van der Waals surface area contributed by atoms with Crippen molar-refractivity contribution in [2.45, 2.75) is 26.6 Å². The van der Waals surface area contributed by atoms with Crippen molar-refractivity contribution >= 4 is 16.3 Å². The molecule has 0 fully saturated rings. The second-order valence-corrected chi connectivity index (χ2v) is 6.35. The zero-order chi connectivity index (χ0) is 16.6. The Balaban J connectivity index is 1.91. The average Bonchev–Trinajstić information content (AvgIpc) is 2.83. The van der Waals surface area contributed by atoms with Gasteiger partial charge in [0.15, 0.2) is 4.96 Å². The number of aromatic nitrogens is 2. The SMILES string of the molecule is Cc1sc2nc(COc3ccc(F)cc3)cc(=O)n2c1C(C)O. The standard InChI is InChI=1S/C16H15FN2O3S/c1-9(20)15-10(2)23-16-18-12(7-14(21)19(15)16)8-22-13-5-3-11(17)4-6-13/h3-7,9,20H,8H2,1-2H3. The highest BCUT2D eigenvalue weighted by molar-refractivity contribution is 7.17. The Hall–Kier alpha value is -2.25. The van der Waals surface area contributed by atoms with Crippen LogP contribution in [0.3, 0.4) is 0 Å². The minimum absolute atomic E-state index is 0.109. The lowest BCUT2D eigenvalue weighted by atomic mass is 10.2. The highest BCUT2D eigenvalue weighted by atomic mass is 32.1. The Morgan fingerprint density at radius 1 is 1.39 bits per heavy atom. The van der Waals surface area contributed by atoms with Crippen molar-refractivity contribution in [3.63, 3.8) is 0 Å². The lowest BCUT2D eigenvalue weighted by molar-refractivity contribution is 0.192. The molecular weight excluding hydrogens is 319 g/mol. The van der Waals surface area contributed by atoms with Gasteiger partial charge in [0, 0.05) is 10.9 Å². The molecule has 2 aromatic heterocycles. The second-order valence-electron chi connectivity index (χ2n) is 5.17. The third kappa shape index (κ3) is 3.11. The number of halogens is 1. The summed E-state index contributed by atoms with van der Waals surface area (Å²) in [5, 5.41) is 9.82. The van der Waals surface area contributed by atoms with Crippen molar-refractivity contribution in [3.8, 4) is 5.75 Å². The fraction of sp³-hybridized carbons (Fsp3) is 0.250. The number of aliphatic hydroxyl groups excluding tert-OH is 1. The molecule has 0 aliphatic rings. The van der Waals surface area contributed by atoms with Crippen LogP contribution in [0.2, 0.25) is 0 Å². The van der Waals surface area contributed by atoms with Gasteiger partial charge in [-0.1, -0.05) is 0 Å². The van der Waals surface area contributed by atoms with E-state index in [1.165, 1.54) is 46.1 Å². The van der Waals surface area contributed by atoms with Crippen LogP contribution in [0.1, 0.15) is 29.3 Å². The van der Waals surface area contributed by atoms with Crippen LogP contribution in [0.5, 0.6) is 5.75 Å². The summed E-state index contributed by atoms with van der Waals surface area (Å²) in [4.78, 5) is 18.1. The highest BCUT2D eigenvalue weighted by Gasteiger charge is 2.16. The van der Waals surface area contributed by atoms with Crippen LogP contribution in [0.4, 0.5) is 4.39 Å². The van der Waals surface area contributed by atoms with E-state index in [9.17, 15) is 14.3 Å². The van der Waals surface area contributed by atoms with Crippen molar-refractivity contribution in [3.05, 3.63) is 62.8 Å². The van der Waals surface area contributed by atoms with Crippen LogP contribution < -0.4 is 10.3 Å². The van der Waals surface area contributed by atoms with Crippen LogP contribution in [-0.4, -0.2) is 14.5 Å². The zero-order valence-corrected chi connectivity index (χ0v) is 13.4. The topological polar surface area (TPSA) is 63.8 Å². The van der Waals surface area contributed by atoms with E-state index >= 15 is 0 Å². The summed E-state index contributed by atoms with van der Waals surface area (Å²) in [6, 6.07) is 7.02. The summed E-state index contributed by atoms with van der Waals surface area (Å²) in [5.74, 6) is 0.162. The molecular formula is C16H15FN2O3S. The Kier molecular flexibility index (Phi) is 4.14. The predicted octanol–water partition coefficient (Wildman–Crippen LogP) is 2.84. The zero-order valence-electron chi connectivity index (χ0n) is 12.6. The molecule has 120 valence electrons. The molecule has 0 spiro atoms. The molecule has 23 heavy (non-hydrogen) atoms. The Morgan fingerprint density at radius 2 is 2.09 bits per heavy atom. The minimum Gasteiger partial charge on any atom is -0.487 e. The lowest BCUT2D eigenvalue weighted by Crippen LogP contribution is -2.18. The molecule has 7 heteroatoms. The summed E-state index contributed by atoms with van der Waals surface area (Å²) >= 11 is 1.35. The summed E-state index contributed by atoms with van der Waals surface area (Å²) in [6.07, 6.45) is -0.746. The molecule has 0 aliphatic carbocycles. The third-order valence-corrected chi connectivity index (χ3v) is 4.35. The fourth-order valence-electron chi connectivity index (χ4n) is 2.39. The van der Waals surface area contributed by atoms with E-state index in [-0.39, 0.29) is 18.0 Å². The Bertz CT molecular complexity index is 900. The number of nitrogens with zero attached hydrogens (tertiary/aromatic N) is 2. The number of aliphatic hydroxyl groups is 1. The lowest BCUT2D eigenvalue weighted by Gasteiger charge is -2.07. The van der Waals surface area contributed by atoms with E-state index in [1.807, 2.05) is 6.92 Å². The number of thiazole rings is 1. The number of hydrogen-bond acceptors (Lipinski definition) is 5. The first-order valence-corrected chi connectivity index (χ1v) is 7.86. The molecule has 0 radical (unpaired) electrons. The van der Waals surface area contributed by atoms with Crippen molar-refractivity contribution in [1.82, 2.24) is 9.38 Å². The largest absolute Gasteiger partial charge is 0.487 e. The van der Waals surface area contributed by atoms with E-state index in [0.717, 1.165) is 4.88 Å². The predicted molar refractivity (Wildman–Crippen MR) is 85.4 cm³/mol. The summed E-state index contributed by atoms with van der Waals surface area (Å²) in [7, 11) is 0. The van der Waals surface area contributed by atoms with Gasteiger partial charge in [0.2, 0.25) is 0 Å². The number of benzene rings is 1. The number of aryl methyl sites for hydroxylation is 1. The van der Waals surface area contributed by atoms with Gasteiger partial charge in [-0.2, -0.15) is 0 Å². The van der Waals surface area contributed by atoms with Crippen LogP contribution >= 0.6 is 11.3 Å². The smallest absolute Gasteiger partial charge is 0.259 e. The molecule has 1 atom stereocenters. The van der Waals surface area contributed by atoms with Crippen LogP contribution in [0.25, 0.3) is 4.96 Å². The van der Waals surface area contributed by atoms with Gasteiger partial charge in [-0.25, -0.2) is 9.37 Å². The number of hydrogen-bond donors (Lipinski definition) is 1. The van der Waals surface area contributed by atoms with Crippen LogP contribution in [0, 0.1) is 12.7 Å². The van der Waals surface area contributed by atoms with Gasteiger partial charge in [0.1, 0.15) is 18.2 Å². The fourth-order valence-corrected chi connectivity index (χ4v) is 3.47. The van der Waals surface area contributed by atoms with E-state index < -0.39 is 6.10 Å². The minimum atomic E-state index is -0.746. The monoisotopic (exact) mass is 334 g/mol. The molecule has 0 saturated carbocycles. The molecule has 2 heterocycles. The van der Waals surface area contributed by atoms with E-state index in [0.29, 0.717) is 22.1 Å². The Labute approximate surface area is 135 Å². The first kappa shape index (κ1) is 15.6. The molecule has 0 bridgehead atoms. The molecule has 0 amide bonds. The number of rotatable bonds is 4. The average molecular weight is 334 g/mol. The highest BCUT2D eigenvalue weighted by Crippen LogP contribution is 2.25. The van der Waals surface area contributed by atoms with Crippen molar-refractivity contribution < 1.29 is 14.2 Å². The molecule has 0 saturated heterocycles. The first-order chi connectivity index (χ1) is 11.0. The summed E-state index contributed by atoms with van der Waals surface area (Å²) in [6.45, 7) is 3.57. The molecule has 1 aromatic carbocycles. The van der Waals surface area contributed by atoms with E-state index in [1.54, 1.807) is 6.92 Å². The normalized spacial score (nSPS) is 12.5. The van der Waals surface area contributed by atoms with Gasteiger partial charge in [-0.05, 0) is 38.1 Å². The number of ether oxygens (including phenoxy) is 1. The molecule has 5 nitrogen and oxygen atoms in total. The summed E-state index contributed by atoms with van der Waals surface area (Å²) in [5.41, 5.74) is 0.791. The van der Waals surface area contributed by atoms with Crippen molar-refractivity contribution in [2.75, 3.05) is 0 Å². The molecule has 1 N–H and O–H groups in total. The van der Waals surface area contributed by atoms with E-state index in [2.05, 4.69) is 4.98 Å².